The highest BCUT2D eigenvalue weighted by Gasteiger charge is 2.15. The lowest BCUT2D eigenvalue weighted by atomic mass is 10.1. The molecule has 0 fully saturated rings. The molecule has 3 aromatic carbocycles. The molecule has 3 aromatic rings. The second-order valence-electron chi connectivity index (χ2n) is 6.68. The number of amides is 2. The van der Waals surface area contributed by atoms with Gasteiger partial charge in [-0.25, -0.2) is 10.2 Å². The van der Waals surface area contributed by atoms with Crippen LogP contribution in [0.25, 0.3) is 0 Å². The van der Waals surface area contributed by atoms with E-state index in [2.05, 4.69) is 15.8 Å². The number of hydrogen-bond donors (Lipinski definition) is 2. The van der Waals surface area contributed by atoms with Gasteiger partial charge in [0.15, 0.2) is 0 Å². The number of ether oxygens (including phenoxy) is 2. The predicted octanol–water partition coefficient (Wildman–Crippen LogP) is 3.31. The number of rotatable bonds is 6. The molecule has 0 aliphatic heterocycles. The fraction of sp³-hybridized carbons (Fsp3) is 0.0833. The maximum absolute atomic E-state index is 12.2. The maximum Gasteiger partial charge on any atom is 0.343 e. The number of carbonyl (C=O) groups is 3. The van der Waals surface area contributed by atoms with Gasteiger partial charge in [0.25, 0.3) is 0 Å². The van der Waals surface area contributed by atoms with Gasteiger partial charge in [0.2, 0.25) is 0 Å². The number of carbonyl (C=O) groups excluding carboxylic acids is 3. The maximum atomic E-state index is 12.2. The quantitative estimate of drug-likeness (QED) is 0.205. The molecule has 0 saturated carbocycles. The first-order valence-corrected chi connectivity index (χ1v) is 9.62. The highest BCUT2D eigenvalue weighted by Crippen LogP contribution is 2.22. The van der Waals surface area contributed by atoms with E-state index in [1.165, 1.54) is 13.3 Å². The minimum absolute atomic E-state index is 0.369. The van der Waals surface area contributed by atoms with Crippen LogP contribution in [0.3, 0.4) is 0 Å². The van der Waals surface area contributed by atoms with E-state index in [0.717, 1.165) is 5.56 Å². The number of esters is 1. The lowest BCUT2D eigenvalue weighted by Gasteiger charge is -2.08. The van der Waals surface area contributed by atoms with Crippen molar-refractivity contribution >= 4 is 29.7 Å². The summed E-state index contributed by atoms with van der Waals surface area (Å²) in [4.78, 5) is 36.1. The van der Waals surface area contributed by atoms with Gasteiger partial charge < -0.3 is 14.8 Å². The Morgan fingerprint density at radius 1 is 0.906 bits per heavy atom. The third kappa shape index (κ3) is 6.02. The molecule has 0 bridgehead atoms. The molecular weight excluding hydrogens is 410 g/mol. The molecule has 8 nitrogen and oxygen atoms in total. The van der Waals surface area contributed by atoms with Gasteiger partial charge in [-0.15, -0.1) is 0 Å². The molecule has 162 valence electrons. The Morgan fingerprint density at radius 3 is 2.38 bits per heavy atom. The van der Waals surface area contributed by atoms with Crippen LogP contribution in [0.15, 0.2) is 77.9 Å². The molecule has 0 radical (unpaired) electrons. The molecule has 32 heavy (non-hydrogen) atoms. The minimum Gasteiger partial charge on any atom is -0.495 e. The third-order valence-corrected chi connectivity index (χ3v) is 4.29. The van der Waals surface area contributed by atoms with Crippen molar-refractivity contribution in [2.45, 2.75) is 6.92 Å². The summed E-state index contributed by atoms with van der Waals surface area (Å²) < 4.78 is 10.5. The summed E-state index contributed by atoms with van der Waals surface area (Å²) in [5, 5.41) is 6.22. The standard InChI is InChI=1S/C24H21N3O5/c1-16-6-5-7-18(14-16)24(30)32-19-12-10-17(11-13-19)15-25-27-23(29)22(28)26-20-8-3-4-9-21(20)31-2/h3-15H,1-2H3,(H,26,28)(H,27,29)/b25-15-. The molecule has 0 heterocycles. The molecule has 0 unspecified atom stereocenters. The van der Waals surface area contributed by atoms with Crippen molar-refractivity contribution in [2.24, 2.45) is 5.10 Å². The molecule has 2 amide bonds. The Morgan fingerprint density at radius 2 is 1.66 bits per heavy atom. The first kappa shape index (κ1) is 22.2. The number of nitrogens with one attached hydrogen (secondary N) is 2. The Bertz CT molecular complexity index is 1160. The van der Waals surface area contributed by atoms with Crippen molar-refractivity contribution in [1.82, 2.24) is 5.43 Å². The molecule has 0 aliphatic carbocycles. The molecule has 3 rings (SSSR count). The summed E-state index contributed by atoms with van der Waals surface area (Å²) in [5.74, 6) is -1.47. The number of hydrazone groups is 1. The Kier molecular flexibility index (Phi) is 7.32. The summed E-state index contributed by atoms with van der Waals surface area (Å²) in [6.07, 6.45) is 1.36. The van der Waals surface area contributed by atoms with E-state index >= 15 is 0 Å². The summed E-state index contributed by atoms with van der Waals surface area (Å²) in [6, 6.07) is 20.3. The molecule has 0 spiro atoms. The van der Waals surface area contributed by atoms with Gasteiger partial charge in [0.05, 0.1) is 24.6 Å². The van der Waals surface area contributed by atoms with Crippen molar-refractivity contribution in [3.8, 4) is 11.5 Å². The third-order valence-electron chi connectivity index (χ3n) is 4.29. The predicted molar refractivity (Wildman–Crippen MR) is 120 cm³/mol. The fourth-order valence-corrected chi connectivity index (χ4v) is 2.70. The van der Waals surface area contributed by atoms with E-state index in [1.807, 2.05) is 13.0 Å². The summed E-state index contributed by atoms with van der Waals surface area (Å²) in [7, 11) is 1.46. The highest BCUT2D eigenvalue weighted by molar-refractivity contribution is 6.39. The van der Waals surface area contributed by atoms with Crippen molar-refractivity contribution in [2.75, 3.05) is 12.4 Å². The van der Waals surface area contributed by atoms with Crippen LogP contribution in [0, 0.1) is 6.92 Å². The molecule has 0 aromatic heterocycles. The van der Waals surface area contributed by atoms with E-state index in [9.17, 15) is 14.4 Å². The van der Waals surface area contributed by atoms with Crippen LogP contribution >= 0.6 is 0 Å². The number of hydrogen-bond acceptors (Lipinski definition) is 6. The van der Waals surface area contributed by atoms with E-state index < -0.39 is 17.8 Å². The Hall–Kier alpha value is -4.46. The van der Waals surface area contributed by atoms with Crippen LogP contribution in [0.4, 0.5) is 5.69 Å². The number of nitrogens with zero attached hydrogens (tertiary/aromatic N) is 1. The zero-order chi connectivity index (χ0) is 22.9. The summed E-state index contributed by atoms with van der Waals surface area (Å²) in [6.45, 7) is 1.89. The average Bonchev–Trinajstić information content (AvgIpc) is 2.80. The van der Waals surface area contributed by atoms with E-state index in [0.29, 0.717) is 28.3 Å². The largest absolute Gasteiger partial charge is 0.495 e. The Balaban J connectivity index is 1.52. The molecule has 0 aliphatic rings. The molecule has 0 saturated heterocycles. The van der Waals surface area contributed by atoms with Crippen LogP contribution < -0.4 is 20.2 Å². The van der Waals surface area contributed by atoms with Gasteiger partial charge in [-0.05, 0) is 61.0 Å². The van der Waals surface area contributed by atoms with Gasteiger partial charge in [-0.3, -0.25) is 9.59 Å². The van der Waals surface area contributed by atoms with Gasteiger partial charge in [0, 0.05) is 0 Å². The van der Waals surface area contributed by atoms with Gasteiger partial charge in [0.1, 0.15) is 11.5 Å². The summed E-state index contributed by atoms with van der Waals surface area (Å²) >= 11 is 0. The number of aryl methyl sites for hydroxylation is 1. The topological polar surface area (TPSA) is 106 Å². The van der Waals surface area contributed by atoms with Crippen LogP contribution in [-0.4, -0.2) is 31.1 Å². The second kappa shape index (κ2) is 10.5. The SMILES string of the molecule is COc1ccccc1NC(=O)C(=O)N/N=C\c1ccc(OC(=O)c2cccc(C)c2)cc1. The first-order valence-electron chi connectivity index (χ1n) is 9.62. The van der Waals surface area contributed by atoms with E-state index in [4.69, 9.17) is 9.47 Å². The van der Waals surface area contributed by atoms with E-state index in [-0.39, 0.29) is 0 Å². The molecule has 8 heteroatoms. The molecule has 0 atom stereocenters. The van der Waals surface area contributed by atoms with Crippen LogP contribution in [0.5, 0.6) is 11.5 Å². The smallest absolute Gasteiger partial charge is 0.343 e. The van der Waals surface area contributed by atoms with Crippen molar-refractivity contribution in [3.05, 3.63) is 89.5 Å². The number of benzene rings is 3. The number of methoxy groups -OCH3 is 1. The van der Waals surface area contributed by atoms with Crippen LogP contribution in [0.1, 0.15) is 21.5 Å². The summed E-state index contributed by atoms with van der Waals surface area (Å²) in [5.41, 5.74) is 4.58. The normalized spacial score (nSPS) is 10.4. The fourth-order valence-electron chi connectivity index (χ4n) is 2.70. The average molecular weight is 431 g/mol. The lowest BCUT2D eigenvalue weighted by molar-refractivity contribution is -0.136. The first-order chi connectivity index (χ1) is 15.5. The highest BCUT2D eigenvalue weighted by atomic mass is 16.5. The monoisotopic (exact) mass is 431 g/mol. The van der Waals surface area contributed by atoms with Crippen molar-refractivity contribution in [3.63, 3.8) is 0 Å². The van der Waals surface area contributed by atoms with Crippen LogP contribution in [-0.2, 0) is 9.59 Å². The Labute approximate surface area is 184 Å². The minimum atomic E-state index is -0.934. The van der Waals surface area contributed by atoms with Gasteiger partial charge in [-0.1, -0.05) is 29.8 Å². The second-order valence-corrected chi connectivity index (χ2v) is 6.68. The van der Waals surface area contributed by atoms with E-state index in [1.54, 1.807) is 66.7 Å². The lowest BCUT2D eigenvalue weighted by Crippen LogP contribution is -2.32. The van der Waals surface area contributed by atoms with Crippen molar-refractivity contribution < 1.29 is 23.9 Å². The van der Waals surface area contributed by atoms with Gasteiger partial charge >= 0.3 is 17.8 Å². The van der Waals surface area contributed by atoms with Crippen LogP contribution in [0.2, 0.25) is 0 Å². The van der Waals surface area contributed by atoms with Gasteiger partial charge in [-0.2, -0.15) is 5.10 Å². The number of anilines is 1. The molecular formula is C24H21N3O5. The zero-order valence-electron chi connectivity index (χ0n) is 17.5. The zero-order valence-corrected chi connectivity index (χ0v) is 17.5. The molecule has 2 N–H and O–H groups in total. The van der Waals surface area contributed by atoms with Crippen molar-refractivity contribution in [1.29, 1.82) is 0 Å². The number of para-hydroxylation sites is 2.